The third kappa shape index (κ3) is 12.4. The minimum absolute atomic E-state index is 0.256. The third-order valence-corrected chi connectivity index (χ3v) is 4.21. The number of nitrogens with one attached hydrogen (secondary N) is 1. The van der Waals surface area contributed by atoms with Gasteiger partial charge in [0.2, 0.25) is 0 Å². The van der Waals surface area contributed by atoms with Crippen molar-refractivity contribution in [3.05, 3.63) is 29.8 Å². The molecular weight excluding hydrogens is 342 g/mol. The number of hydrogen-bond donors (Lipinski definition) is 1. The van der Waals surface area contributed by atoms with Gasteiger partial charge in [-0.15, -0.1) is 0 Å². The lowest BCUT2D eigenvalue weighted by Gasteiger charge is -2.08. The molecule has 1 aromatic carbocycles. The number of rotatable bonds is 17. The summed E-state index contributed by atoms with van der Waals surface area (Å²) in [6.45, 7) is 7.89. The fraction of sp³-hybridized carbons (Fsp3) is 0.682. The first kappa shape index (κ1) is 23.4. The Morgan fingerprint density at radius 1 is 0.778 bits per heavy atom. The van der Waals surface area contributed by atoms with Gasteiger partial charge in [-0.05, 0) is 37.1 Å². The average molecular weight is 380 g/mol. The van der Waals surface area contributed by atoms with E-state index in [0.29, 0.717) is 25.4 Å². The smallest absolute Gasteiger partial charge is 0.338 e. The number of carbonyl (C=O) groups excluding carboxylic acids is 1. The average Bonchev–Trinajstić information content (AvgIpc) is 2.69. The zero-order valence-corrected chi connectivity index (χ0v) is 17.1. The molecule has 0 atom stereocenters. The highest BCUT2D eigenvalue weighted by atomic mass is 16.6. The van der Waals surface area contributed by atoms with Crippen molar-refractivity contribution < 1.29 is 19.0 Å². The van der Waals surface area contributed by atoms with Crippen LogP contribution in [0.3, 0.4) is 0 Å². The second kappa shape index (κ2) is 16.6. The Balaban J connectivity index is 1.99. The van der Waals surface area contributed by atoms with E-state index >= 15 is 0 Å². The van der Waals surface area contributed by atoms with E-state index in [1.807, 2.05) is 12.1 Å². The van der Waals surface area contributed by atoms with Crippen molar-refractivity contribution in [1.82, 2.24) is 0 Å². The van der Waals surface area contributed by atoms with Crippen LogP contribution in [0.25, 0.3) is 0 Å². The van der Waals surface area contributed by atoms with Crippen LogP contribution in [0.15, 0.2) is 24.3 Å². The topological polar surface area (TPSA) is 56.8 Å². The van der Waals surface area contributed by atoms with Gasteiger partial charge in [0.05, 0.1) is 25.4 Å². The molecule has 0 aliphatic rings. The molecule has 0 fully saturated rings. The molecule has 27 heavy (non-hydrogen) atoms. The highest BCUT2D eigenvalue weighted by Gasteiger charge is 2.06. The lowest BCUT2D eigenvalue weighted by atomic mass is 10.2. The molecule has 154 valence electrons. The molecule has 1 rings (SSSR count). The standard InChI is InChI=1S/C22H37NO4/c1-3-5-7-8-9-15-25-16-17-26-18-19-27-22(24)20-10-12-21(13-11-20)23-14-6-4-2/h10-13,23H,3-9,14-19H2,1-2H3. The lowest BCUT2D eigenvalue weighted by molar-refractivity contribution is 0.0141. The molecule has 0 amide bonds. The summed E-state index contributed by atoms with van der Waals surface area (Å²) in [6.07, 6.45) is 8.51. The third-order valence-electron chi connectivity index (χ3n) is 4.21. The monoisotopic (exact) mass is 379 g/mol. The van der Waals surface area contributed by atoms with Crippen LogP contribution in [0.1, 0.15) is 69.2 Å². The summed E-state index contributed by atoms with van der Waals surface area (Å²) >= 11 is 0. The van der Waals surface area contributed by atoms with E-state index in [1.54, 1.807) is 12.1 Å². The number of carbonyl (C=O) groups is 1. The number of hydrogen-bond acceptors (Lipinski definition) is 5. The second-order valence-electron chi connectivity index (χ2n) is 6.63. The number of esters is 1. The van der Waals surface area contributed by atoms with Gasteiger partial charge in [0, 0.05) is 18.8 Å². The van der Waals surface area contributed by atoms with Crippen molar-refractivity contribution in [1.29, 1.82) is 0 Å². The minimum atomic E-state index is -0.318. The molecule has 1 N–H and O–H groups in total. The first-order chi connectivity index (χ1) is 13.3. The van der Waals surface area contributed by atoms with Crippen LogP contribution >= 0.6 is 0 Å². The van der Waals surface area contributed by atoms with Crippen molar-refractivity contribution in [3.63, 3.8) is 0 Å². The van der Waals surface area contributed by atoms with Crippen LogP contribution in [0, 0.1) is 0 Å². The minimum Gasteiger partial charge on any atom is -0.460 e. The summed E-state index contributed by atoms with van der Waals surface area (Å²) in [4.78, 5) is 12.0. The van der Waals surface area contributed by atoms with Gasteiger partial charge in [0.1, 0.15) is 6.61 Å². The van der Waals surface area contributed by atoms with E-state index in [9.17, 15) is 4.79 Å². The zero-order chi connectivity index (χ0) is 19.6. The van der Waals surface area contributed by atoms with Crippen LogP contribution in [-0.2, 0) is 14.2 Å². The van der Waals surface area contributed by atoms with Gasteiger partial charge in [-0.25, -0.2) is 4.79 Å². The maximum Gasteiger partial charge on any atom is 0.338 e. The van der Waals surface area contributed by atoms with Gasteiger partial charge in [-0.2, -0.15) is 0 Å². The van der Waals surface area contributed by atoms with Crippen LogP contribution in [-0.4, -0.2) is 45.5 Å². The zero-order valence-electron chi connectivity index (χ0n) is 17.1. The highest BCUT2D eigenvalue weighted by molar-refractivity contribution is 5.89. The van der Waals surface area contributed by atoms with Gasteiger partial charge in [0.15, 0.2) is 0 Å². The van der Waals surface area contributed by atoms with Crippen molar-refractivity contribution >= 4 is 11.7 Å². The SMILES string of the molecule is CCCCCCCOCCOCCOC(=O)c1ccc(NCCCC)cc1. The van der Waals surface area contributed by atoms with E-state index in [0.717, 1.165) is 38.1 Å². The van der Waals surface area contributed by atoms with Gasteiger partial charge in [-0.1, -0.05) is 46.0 Å². The fourth-order valence-electron chi connectivity index (χ4n) is 2.54. The van der Waals surface area contributed by atoms with E-state index in [2.05, 4.69) is 19.2 Å². The summed E-state index contributed by atoms with van der Waals surface area (Å²) in [5.41, 5.74) is 1.58. The van der Waals surface area contributed by atoms with E-state index in [1.165, 1.54) is 25.7 Å². The summed E-state index contributed by atoms with van der Waals surface area (Å²) in [6, 6.07) is 7.38. The predicted molar refractivity (Wildman–Crippen MR) is 111 cm³/mol. The molecule has 1 aromatic rings. The predicted octanol–water partition coefficient (Wildman–Crippen LogP) is 5.06. The Kier molecular flexibility index (Phi) is 14.4. The summed E-state index contributed by atoms with van der Waals surface area (Å²) in [5.74, 6) is -0.318. The highest BCUT2D eigenvalue weighted by Crippen LogP contribution is 2.10. The largest absolute Gasteiger partial charge is 0.460 e. The molecule has 0 aliphatic heterocycles. The van der Waals surface area contributed by atoms with Crippen LogP contribution in [0.2, 0.25) is 0 Å². The fourth-order valence-corrected chi connectivity index (χ4v) is 2.54. The van der Waals surface area contributed by atoms with Crippen molar-refractivity contribution in [2.75, 3.05) is 44.9 Å². The van der Waals surface area contributed by atoms with Crippen molar-refractivity contribution in [2.45, 2.75) is 58.8 Å². The molecule has 0 saturated carbocycles. The van der Waals surface area contributed by atoms with Gasteiger partial charge >= 0.3 is 5.97 Å². The summed E-state index contributed by atoms with van der Waals surface area (Å²) < 4.78 is 16.2. The summed E-state index contributed by atoms with van der Waals surface area (Å²) in [7, 11) is 0. The molecule has 0 unspecified atom stereocenters. The van der Waals surface area contributed by atoms with Crippen LogP contribution in [0.4, 0.5) is 5.69 Å². The quantitative estimate of drug-likeness (QED) is 0.303. The lowest BCUT2D eigenvalue weighted by Crippen LogP contribution is -2.13. The van der Waals surface area contributed by atoms with Crippen molar-refractivity contribution in [2.24, 2.45) is 0 Å². The maximum atomic E-state index is 12.0. The molecule has 0 spiro atoms. The molecule has 0 bridgehead atoms. The van der Waals surface area contributed by atoms with E-state index in [-0.39, 0.29) is 12.6 Å². The van der Waals surface area contributed by atoms with E-state index < -0.39 is 0 Å². The first-order valence-corrected chi connectivity index (χ1v) is 10.4. The normalized spacial score (nSPS) is 10.7. The number of unbranched alkanes of at least 4 members (excludes halogenated alkanes) is 5. The van der Waals surface area contributed by atoms with Gasteiger partial charge < -0.3 is 19.5 Å². The van der Waals surface area contributed by atoms with Crippen molar-refractivity contribution in [3.8, 4) is 0 Å². The van der Waals surface area contributed by atoms with E-state index in [4.69, 9.17) is 14.2 Å². The second-order valence-corrected chi connectivity index (χ2v) is 6.63. The maximum absolute atomic E-state index is 12.0. The Morgan fingerprint density at radius 3 is 2.11 bits per heavy atom. The molecule has 0 saturated heterocycles. The molecule has 5 nitrogen and oxygen atoms in total. The summed E-state index contributed by atoms with van der Waals surface area (Å²) in [5, 5.41) is 3.32. The number of ether oxygens (including phenoxy) is 3. The number of benzene rings is 1. The Labute approximate surface area is 164 Å². The molecule has 5 heteroatoms. The Hall–Kier alpha value is -1.59. The molecular formula is C22H37NO4. The number of anilines is 1. The molecule has 0 heterocycles. The van der Waals surface area contributed by atoms with Gasteiger partial charge in [-0.3, -0.25) is 0 Å². The first-order valence-electron chi connectivity index (χ1n) is 10.4. The van der Waals surface area contributed by atoms with Crippen LogP contribution in [0.5, 0.6) is 0 Å². The molecule has 0 aliphatic carbocycles. The molecule has 0 aromatic heterocycles. The molecule has 0 radical (unpaired) electrons. The Morgan fingerprint density at radius 2 is 1.41 bits per heavy atom. The van der Waals surface area contributed by atoms with Crippen LogP contribution < -0.4 is 5.32 Å². The van der Waals surface area contributed by atoms with Gasteiger partial charge in [0.25, 0.3) is 0 Å². The Bertz CT molecular complexity index is 476.